The number of ether oxygens (including phenoxy) is 1. The van der Waals surface area contributed by atoms with Crippen molar-refractivity contribution in [2.24, 2.45) is 0 Å². The molecule has 1 N–H and O–H groups in total. The number of benzene rings is 2. The Hall–Kier alpha value is -1.51. The molecule has 0 saturated carbocycles. The second-order valence-corrected chi connectivity index (χ2v) is 6.23. The Balaban J connectivity index is 2.31. The molecule has 0 heterocycles. The molecule has 0 radical (unpaired) electrons. The molecule has 0 aromatic heterocycles. The molecule has 3 heteroatoms. The molecule has 106 valence electrons. The van der Waals surface area contributed by atoms with E-state index >= 15 is 0 Å². The lowest BCUT2D eigenvalue weighted by Gasteiger charge is -2.20. The summed E-state index contributed by atoms with van der Waals surface area (Å²) in [5, 5.41) is 9.95. The van der Waals surface area contributed by atoms with Crippen LogP contribution in [0.1, 0.15) is 31.9 Å². The van der Waals surface area contributed by atoms with Crippen molar-refractivity contribution >= 4 is 11.6 Å². The van der Waals surface area contributed by atoms with Crippen LogP contribution in [0.5, 0.6) is 11.5 Å². The van der Waals surface area contributed by atoms with Crippen LogP contribution < -0.4 is 4.74 Å². The molecule has 0 aliphatic rings. The fourth-order valence-corrected chi connectivity index (χ4v) is 2.12. The summed E-state index contributed by atoms with van der Waals surface area (Å²) in [4.78, 5) is 0. The minimum atomic E-state index is -0.102. The van der Waals surface area contributed by atoms with Gasteiger partial charge in [0.05, 0.1) is 6.61 Å². The topological polar surface area (TPSA) is 29.5 Å². The van der Waals surface area contributed by atoms with Crippen LogP contribution in [0.3, 0.4) is 0 Å². The average Bonchev–Trinajstić information content (AvgIpc) is 2.40. The highest BCUT2D eigenvalue weighted by Gasteiger charge is 2.14. The number of aliphatic hydroxyl groups is 1. The van der Waals surface area contributed by atoms with Crippen molar-refractivity contribution in [2.45, 2.75) is 32.8 Å². The molecule has 0 amide bonds. The first-order chi connectivity index (χ1) is 9.40. The van der Waals surface area contributed by atoms with E-state index in [1.165, 1.54) is 5.56 Å². The van der Waals surface area contributed by atoms with Gasteiger partial charge in [0.2, 0.25) is 0 Å². The van der Waals surface area contributed by atoms with Gasteiger partial charge in [0.25, 0.3) is 0 Å². The molecule has 20 heavy (non-hydrogen) atoms. The quantitative estimate of drug-likeness (QED) is 0.869. The summed E-state index contributed by atoms with van der Waals surface area (Å²) in [6, 6.07) is 13.2. The summed E-state index contributed by atoms with van der Waals surface area (Å²) in [7, 11) is 0. The zero-order chi connectivity index (χ0) is 14.8. The van der Waals surface area contributed by atoms with Gasteiger partial charge < -0.3 is 9.84 Å². The minimum Gasteiger partial charge on any atom is -0.457 e. The minimum absolute atomic E-state index is 0.0686. The standard InChI is InChI=1S/C17H19ClO2/c1-17(2,3)13-5-4-6-15(10-13)20-16-8-7-14(18)9-12(16)11-19/h4-10,19H,11H2,1-3H3. The first-order valence-corrected chi connectivity index (χ1v) is 6.95. The molecular formula is C17H19ClO2. The van der Waals surface area contributed by atoms with Crippen molar-refractivity contribution in [3.05, 3.63) is 58.6 Å². The van der Waals surface area contributed by atoms with Gasteiger partial charge in [-0.25, -0.2) is 0 Å². The number of halogens is 1. The van der Waals surface area contributed by atoms with E-state index in [0.717, 1.165) is 5.75 Å². The van der Waals surface area contributed by atoms with Gasteiger partial charge in [-0.15, -0.1) is 0 Å². The van der Waals surface area contributed by atoms with Gasteiger partial charge in [-0.3, -0.25) is 0 Å². The SMILES string of the molecule is CC(C)(C)c1cccc(Oc2ccc(Cl)cc2CO)c1. The van der Waals surface area contributed by atoms with E-state index < -0.39 is 0 Å². The van der Waals surface area contributed by atoms with Crippen LogP contribution in [0.25, 0.3) is 0 Å². The maximum atomic E-state index is 9.37. The largest absolute Gasteiger partial charge is 0.457 e. The summed E-state index contributed by atoms with van der Waals surface area (Å²) < 4.78 is 5.87. The molecule has 0 saturated heterocycles. The van der Waals surface area contributed by atoms with E-state index in [-0.39, 0.29) is 12.0 Å². The third-order valence-electron chi connectivity index (χ3n) is 3.12. The number of hydrogen-bond acceptors (Lipinski definition) is 2. The molecule has 2 rings (SSSR count). The van der Waals surface area contributed by atoms with Gasteiger partial charge in [-0.2, -0.15) is 0 Å². The zero-order valence-electron chi connectivity index (χ0n) is 12.0. The van der Waals surface area contributed by atoms with Crippen LogP contribution >= 0.6 is 11.6 Å². The summed E-state index contributed by atoms with van der Waals surface area (Å²) in [5.74, 6) is 1.39. The molecule has 2 aromatic rings. The number of aliphatic hydroxyl groups excluding tert-OH is 1. The van der Waals surface area contributed by atoms with Crippen LogP contribution in [-0.2, 0) is 12.0 Å². The molecule has 0 aliphatic carbocycles. The fraction of sp³-hybridized carbons (Fsp3) is 0.294. The highest BCUT2D eigenvalue weighted by Crippen LogP contribution is 2.31. The van der Waals surface area contributed by atoms with E-state index in [9.17, 15) is 5.11 Å². The third-order valence-corrected chi connectivity index (χ3v) is 3.36. The van der Waals surface area contributed by atoms with E-state index in [0.29, 0.717) is 16.3 Å². The van der Waals surface area contributed by atoms with Gasteiger partial charge in [0.1, 0.15) is 11.5 Å². The second-order valence-electron chi connectivity index (χ2n) is 5.79. The van der Waals surface area contributed by atoms with Crippen molar-refractivity contribution in [1.29, 1.82) is 0 Å². The van der Waals surface area contributed by atoms with E-state index in [4.69, 9.17) is 16.3 Å². The maximum absolute atomic E-state index is 9.37. The third kappa shape index (κ3) is 3.53. The lowest BCUT2D eigenvalue weighted by molar-refractivity contribution is 0.276. The summed E-state index contributed by atoms with van der Waals surface area (Å²) in [5.41, 5.74) is 1.95. The van der Waals surface area contributed by atoms with Crippen LogP contribution in [0.15, 0.2) is 42.5 Å². The molecule has 0 spiro atoms. The van der Waals surface area contributed by atoms with Crippen LogP contribution in [0.2, 0.25) is 5.02 Å². The molecule has 0 fully saturated rings. The van der Waals surface area contributed by atoms with Crippen molar-refractivity contribution < 1.29 is 9.84 Å². The molecule has 2 aromatic carbocycles. The Kier molecular flexibility index (Phi) is 4.36. The molecule has 0 aliphatic heterocycles. The van der Waals surface area contributed by atoms with Crippen molar-refractivity contribution in [2.75, 3.05) is 0 Å². The Morgan fingerprint density at radius 2 is 1.85 bits per heavy atom. The molecule has 2 nitrogen and oxygen atoms in total. The predicted octanol–water partition coefficient (Wildman–Crippen LogP) is 4.92. The first-order valence-electron chi connectivity index (χ1n) is 6.58. The van der Waals surface area contributed by atoms with Crippen LogP contribution in [0, 0.1) is 0 Å². The van der Waals surface area contributed by atoms with Gasteiger partial charge in [0, 0.05) is 10.6 Å². The summed E-state index contributed by atoms with van der Waals surface area (Å²) in [6.45, 7) is 6.38. The van der Waals surface area contributed by atoms with Crippen LogP contribution in [-0.4, -0.2) is 5.11 Å². The normalized spacial score (nSPS) is 11.4. The lowest BCUT2D eigenvalue weighted by atomic mass is 9.87. The smallest absolute Gasteiger partial charge is 0.133 e. The molecule has 0 unspecified atom stereocenters. The summed E-state index contributed by atoms with van der Waals surface area (Å²) >= 11 is 5.92. The number of rotatable bonds is 3. The van der Waals surface area contributed by atoms with Gasteiger partial charge in [0.15, 0.2) is 0 Å². The van der Waals surface area contributed by atoms with Crippen molar-refractivity contribution in [3.63, 3.8) is 0 Å². The van der Waals surface area contributed by atoms with Crippen LogP contribution in [0.4, 0.5) is 0 Å². The fourth-order valence-electron chi connectivity index (χ4n) is 1.92. The molecule has 0 atom stereocenters. The first kappa shape index (κ1) is 14.9. The molecular weight excluding hydrogens is 272 g/mol. The van der Waals surface area contributed by atoms with Gasteiger partial charge >= 0.3 is 0 Å². The van der Waals surface area contributed by atoms with Gasteiger partial charge in [-0.05, 0) is 41.3 Å². The number of hydrogen-bond donors (Lipinski definition) is 1. The van der Waals surface area contributed by atoms with Gasteiger partial charge in [-0.1, -0.05) is 44.5 Å². The van der Waals surface area contributed by atoms with Crippen molar-refractivity contribution in [3.8, 4) is 11.5 Å². The van der Waals surface area contributed by atoms with E-state index in [2.05, 4.69) is 26.8 Å². The van der Waals surface area contributed by atoms with Crippen molar-refractivity contribution in [1.82, 2.24) is 0 Å². The lowest BCUT2D eigenvalue weighted by Crippen LogP contribution is -2.10. The Morgan fingerprint density at radius 1 is 1.10 bits per heavy atom. The second kappa shape index (κ2) is 5.86. The monoisotopic (exact) mass is 290 g/mol. The average molecular weight is 291 g/mol. The Bertz CT molecular complexity index is 600. The highest BCUT2D eigenvalue weighted by atomic mass is 35.5. The molecule has 0 bridgehead atoms. The predicted molar refractivity (Wildman–Crippen MR) is 82.6 cm³/mol. The summed E-state index contributed by atoms with van der Waals surface area (Å²) in [6.07, 6.45) is 0. The maximum Gasteiger partial charge on any atom is 0.133 e. The Morgan fingerprint density at radius 3 is 2.50 bits per heavy atom. The van der Waals surface area contributed by atoms with E-state index in [1.807, 2.05) is 18.2 Å². The zero-order valence-corrected chi connectivity index (χ0v) is 12.7. The Labute approximate surface area is 125 Å². The highest BCUT2D eigenvalue weighted by molar-refractivity contribution is 6.30. The van der Waals surface area contributed by atoms with E-state index in [1.54, 1.807) is 18.2 Å².